The van der Waals surface area contributed by atoms with Gasteiger partial charge in [-0.05, 0) is 12.5 Å². The number of benzene rings is 1. The smallest absolute Gasteiger partial charge is 0.148 e. The molecule has 1 nitrogen and oxygen atoms in total. The summed E-state index contributed by atoms with van der Waals surface area (Å²) in [5, 5.41) is 7.56. The molecular formula is C9H7ClFN. The molecule has 0 amide bonds. The van der Waals surface area contributed by atoms with E-state index in [9.17, 15) is 4.39 Å². The van der Waals surface area contributed by atoms with Crippen molar-refractivity contribution in [3.8, 4) is 6.07 Å². The molecule has 0 heterocycles. The molecule has 0 aromatic heterocycles. The minimum Gasteiger partial charge on any atom is -0.206 e. The Morgan fingerprint density at radius 2 is 2.25 bits per heavy atom. The summed E-state index contributed by atoms with van der Waals surface area (Å²) in [5.74, 6) is -0.390. The summed E-state index contributed by atoms with van der Waals surface area (Å²) in [6.07, 6.45) is 0. The summed E-state index contributed by atoms with van der Waals surface area (Å²) in [5.41, 5.74) is 0.757. The van der Waals surface area contributed by atoms with Crippen LogP contribution in [0.25, 0.3) is 0 Å². The van der Waals surface area contributed by atoms with E-state index in [1.165, 1.54) is 6.07 Å². The molecule has 0 N–H and O–H groups in total. The Balaban J connectivity index is 3.18. The first kappa shape index (κ1) is 9.02. The van der Waals surface area contributed by atoms with Crippen LogP contribution in [0.2, 0.25) is 0 Å². The van der Waals surface area contributed by atoms with E-state index < -0.39 is 5.38 Å². The van der Waals surface area contributed by atoms with Gasteiger partial charge in [0.15, 0.2) is 0 Å². The van der Waals surface area contributed by atoms with E-state index in [2.05, 4.69) is 0 Å². The van der Waals surface area contributed by atoms with Gasteiger partial charge in [0.25, 0.3) is 0 Å². The van der Waals surface area contributed by atoms with Crippen LogP contribution in [0.5, 0.6) is 0 Å². The van der Waals surface area contributed by atoms with Crippen molar-refractivity contribution < 1.29 is 4.39 Å². The molecule has 1 rings (SSSR count). The van der Waals surface area contributed by atoms with Gasteiger partial charge in [0.05, 0.1) is 6.07 Å². The van der Waals surface area contributed by atoms with Crippen LogP contribution < -0.4 is 0 Å². The molecule has 1 atom stereocenters. The highest BCUT2D eigenvalue weighted by atomic mass is 35.5. The number of nitriles is 1. The van der Waals surface area contributed by atoms with Gasteiger partial charge in [-0.1, -0.05) is 18.2 Å². The second-order valence-electron chi connectivity index (χ2n) is 2.47. The topological polar surface area (TPSA) is 23.8 Å². The molecule has 0 saturated heterocycles. The minimum atomic E-state index is -0.898. The number of hydrogen-bond donors (Lipinski definition) is 0. The highest BCUT2D eigenvalue weighted by molar-refractivity contribution is 6.22. The third-order valence-electron chi connectivity index (χ3n) is 1.61. The number of alkyl halides is 1. The fraction of sp³-hybridized carbons (Fsp3) is 0.222. The van der Waals surface area contributed by atoms with Crippen LogP contribution in [0.15, 0.2) is 18.2 Å². The van der Waals surface area contributed by atoms with Crippen LogP contribution in [0.3, 0.4) is 0 Å². The molecule has 0 saturated carbocycles. The van der Waals surface area contributed by atoms with E-state index in [4.69, 9.17) is 16.9 Å². The molecule has 0 bridgehead atoms. The fourth-order valence-corrected chi connectivity index (χ4v) is 1.10. The molecule has 1 aromatic rings. The van der Waals surface area contributed by atoms with Gasteiger partial charge in [0.2, 0.25) is 0 Å². The SMILES string of the molecule is Cc1cccc(C(Cl)C#N)c1F. The lowest BCUT2D eigenvalue weighted by Crippen LogP contribution is -1.94. The first-order chi connectivity index (χ1) is 5.66. The number of nitrogens with zero attached hydrogens (tertiary/aromatic N) is 1. The quantitative estimate of drug-likeness (QED) is 0.615. The van der Waals surface area contributed by atoms with E-state index >= 15 is 0 Å². The zero-order chi connectivity index (χ0) is 9.14. The van der Waals surface area contributed by atoms with Crippen LogP contribution in [0.1, 0.15) is 16.5 Å². The normalized spacial score (nSPS) is 12.2. The van der Waals surface area contributed by atoms with Gasteiger partial charge < -0.3 is 0 Å². The summed E-state index contributed by atoms with van der Waals surface area (Å²) < 4.78 is 13.2. The highest BCUT2D eigenvalue weighted by Gasteiger charge is 2.12. The Kier molecular flexibility index (Phi) is 2.67. The molecule has 0 fully saturated rings. The maximum atomic E-state index is 13.2. The largest absolute Gasteiger partial charge is 0.206 e. The average molecular weight is 184 g/mol. The monoisotopic (exact) mass is 183 g/mol. The molecule has 1 aromatic carbocycles. The first-order valence-electron chi connectivity index (χ1n) is 3.45. The Morgan fingerprint density at radius 3 is 2.83 bits per heavy atom. The highest BCUT2D eigenvalue weighted by Crippen LogP contribution is 2.23. The zero-order valence-corrected chi connectivity index (χ0v) is 7.27. The van der Waals surface area contributed by atoms with Crippen molar-refractivity contribution in [3.63, 3.8) is 0 Å². The predicted octanol–water partition coefficient (Wildman–Crippen LogP) is 2.94. The van der Waals surface area contributed by atoms with E-state index in [0.717, 1.165) is 0 Å². The van der Waals surface area contributed by atoms with E-state index in [1.807, 2.05) is 0 Å². The second-order valence-corrected chi connectivity index (χ2v) is 2.91. The summed E-state index contributed by atoms with van der Waals surface area (Å²) in [6, 6.07) is 6.61. The summed E-state index contributed by atoms with van der Waals surface area (Å²) >= 11 is 5.57. The summed E-state index contributed by atoms with van der Waals surface area (Å²) in [4.78, 5) is 0. The maximum Gasteiger partial charge on any atom is 0.148 e. The standard InChI is InChI=1S/C9H7ClFN/c1-6-3-2-4-7(9(6)11)8(10)5-12/h2-4,8H,1H3. The van der Waals surface area contributed by atoms with Gasteiger partial charge in [-0.25, -0.2) is 4.39 Å². The first-order valence-corrected chi connectivity index (χ1v) is 3.89. The number of halogens is 2. The second kappa shape index (κ2) is 3.55. The van der Waals surface area contributed by atoms with E-state index in [-0.39, 0.29) is 11.4 Å². The molecule has 0 aliphatic heterocycles. The van der Waals surface area contributed by atoms with Crippen LogP contribution >= 0.6 is 11.6 Å². The van der Waals surface area contributed by atoms with Crippen molar-refractivity contribution in [3.05, 3.63) is 35.1 Å². The van der Waals surface area contributed by atoms with Crippen LogP contribution in [0.4, 0.5) is 4.39 Å². The number of hydrogen-bond acceptors (Lipinski definition) is 1. The molecule has 12 heavy (non-hydrogen) atoms. The van der Waals surface area contributed by atoms with Gasteiger partial charge in [-0.15, -0.1) is 11.6 Å². The van der Waals surface area contributed by atoms with E-state index in [1.54, 1.807) is 25.1 Å². The van der Waals surface area contributed by atoms with Crippen molar-refractivity contribution in [2.24, 2.45) is 0 Å². The summed E-state index contributed by atoms with van der Waals surface area (Å²) in [6.45, 7) is 1.64. The zero-order valence-electron chi connectivity index (χ0n) is 6.51. The molecule has 0 radical (unpaired) electrons. The maximum absolute atomic E-state index is 13.2. The Bertz CT molecular complexity index is 330. The minimum absolute atomic E-state index is 0.249. The molecule has 0 aliphatic carbocycles. The van der Waals surface area contributed by atoms with Crippen LogP contribution in [0, 0.1) is 24.1 Å². The molecular weight excluding hydrogens is 177 g/mol. The molecule has 1 unspecified atom stereocenters. The van der Waals surface area contributed by atoms with Gasteiger partial charge >= 0.3 is 0 Å². The van der Waals surface area contributed by atoms with Crippen LogP contribution in [-0.2, 0) is 0 Å². The van der Waals surface area contributed by atoms with Gasteiger partial charge in [-0.2, -0.15) is 5.26 Å². The lowest BCUT2D eigenvalue weighted by atomic mass is 10.1. The lowest BCUT2D eigenvalue weighted by Gasteiger charge is -2.04. The third kappa shape index (κ3) is 1.57. The Labute approximate surface area is 75.4 Å². The van der Waals surface area contributed by atoms with Crippen molar-refractivity contribution in [2.45, 2.75) is 12.3 Å². The lowest BCUT2D eigenvalue weighted by molar-refractivity contribution is 0.604. The van der Waals surface area contributed by atoms with Gasteiger partial charge in [0, 0.05) is 5.56 Å². The third-order valence-corrected chi connectivity index (χ3v) is 1.94. The molecule has 0 spiro atoms. The Hall–Kier alpha value is -1.07. The van der Waals surface area contributed by atoms with Crippen molar-refractivity contribution >= 4 is 11.6 Å². The van der Waals surface area contributed by atoms with Crippen molar-refractivity contribution in [1.82, 2.24) is 0 Å². The van der Waals surface area contributed by atoms with Gasteiger partial charge in [0.1, 0.15) is 11.2 Å². The van der Waals surface area contributed by atoms with Crippen LogP contribution in [-0.4, -0.2) is 0 Å². The number of aryl methyl sites for hydroxylation is 1. The summed E-state index contributed by atoms with van der Waals surface area (Å²) in [7, 11) is 0. The predicted molar refractivity (Wildman–Crippen MR) is 45.3 cm³/mol. The average Bonchev–Trinajstić information content (AvgIpc) is 2.08. The number of rotatable bonds is 1. The van der Waals surface area contributed by atoms with Gasteiger partial charge in [-0.3, -0.25) is 0 Å². The van der Waals surface area contributed by atoms with Crippen molar-refractivity contribution in [1.29, 1.82) is 5.26 Å². The van der Waals surface area contributed by atoms with Crippen molar-refractivity contribution in [2.75, 3.05) is 0 Å². The Morgan fingerprint density at radius 1 is 1.58 bits per heavy atom. The molecule has 62 valence electrons. The molecule has 0 aliphatic rings. The molecule has 3 heteroatoms. The van der Waals surface area contributed by atoms with E-state index in [0.29, 0.717) is 5.56 Å². The fourth-order valence-electron chi connectivity index (χ4n) is 0.935.